The van der Waals surface area contributed by atoms with E-state index in [9.17, 15) is 22.8 Å². The average Bonchev–Trinajstić information content (AvgIpc) is 2.06. The van der Waals surface area contributed by atoms with Crippen LogP contribution in [-0.2, 0) is 0 Å². The van der Waals surface area contributed by atoms with E-state index in [2.05, 4.69) is 0 Å². The molecule has 1 rings (SSSR count). The minimum Gasteiger partial charge on any atom is -0.618 e. The van der Waals surface area contributed by atoms with E-state index >= 15 is 0 Å². The lowest BCUT2D eigenvalue weighted by Gasteiger charge is -2.12. The molecule has 0 aromatic carbocycles. The van der Waals surface area contributed by atoms with E-state index in [1.54, 1.807) is 0 Å². The van der Waals surface area contributed by atoms with Gasteiger partial charge in [-0.25, -0.2) is 4.39 Å². The molecule has 0 aliphatic rings. The van der Waals surface area contributed by atoms with Crippen LogP contribution >= 0.6 is 0 Å². The monoisotopic (exact) mass is 209 g/mol. The van der Waals surface area contributed by atoms with Crippen molar-refractivity contribution in [3.05, 3.63) is 34.8 Å². The van der Waals surface area contributed by atoms with Crippen LogP contribution in [0.3, 0.4) is 0 Å². The van der Waals surface area contributed by atoms with Gasteiger partial charge in [-0.1, -0.05) is 0 Å². The van der Waals surface area contributed by atoms with Gasteiger partial charge in [-0.3, -0.25) is 0 Å². The molecule has 1 atom stereocenters. The smallest absolute Gasteiger partial charge is 0.430 e. The number of nitrogens with zero attached hydrogens (tertiary/aromatic N) is 1. The summed E-state index contributed by atoms with van der Waals surface area (Å²) in [7, 11) is 0. The molecular weight excluding hydrogens is 202 g/mol. The quantitative estimate of drug-likeness (QED) is 0.395. The Morgan fingerprint density at radius 3 is 2.50 bits per heavy atom. The third-order valence-corrected chi connectivity index (χ3v) is 1.65. The van der Waals surface area contributed by atoms with Gasteiger partial charge in [-0.15, -0.1) is 0 Å². The van der Waals surface area contributed by atoms with E-state index in [0.29, 0.717) is 5.56 Å². The number of aromatic nitrogens is 1. The van der Waals surface area contributed by atoms with Gasteiger partial charge in [0.1, 0.15) is 0 Å². The van der Waals surface area contributed by atoms with Crippen molar-refractivity contribution in [2.45, 2.75) is 19.3 Å². The topological polar surface area (TPSA) is 26.9 Å². The molecule has 0 aliphatic heterocycles. The molecule has 0 N–H and O–H groups in total. The SMILES string of the molecule is Cc1cc[n+]([O-])c(C(F)C(F)(F)F)c1. The number of pyridine rings is 1. The van der Waals surface area contributed by atoms with Crippen LogP contribution in [0.15, 0.2) is 18.3 Å². The van der Waals surface area contributed by atoms with Crippen molar-refractivity contribution in [3.8, 4) is 0 Å². The number of alkyl halides is 4. The number of hydrogen-bond donors (Lipinski definition) is 0. The summed E-state index contributed by atoms with van der Waals surface area (Å²) in [6.45, 7) is 1.48. The predicted octanol–water partition coefficient (Wildman–Crippen LogP) is 2.20. The first kappa shape index (κ1) is 10.7. The van der Waals surface area contributed by atoms with E-state index in [4.69, 9.17) is 0 Å². The maximum absolute atomic E-state index is 12.7. The van der Waals surface area contributed by atoms with Gasteiger partial charge < -0.3 is 5.21 Å². The Labute approximate surface area is 77.4 Å². The molecule has 0 spiro atoms. The summed E-state index contributed by atoms with van der Waals surface area (Å²) < 4.78 is 48.4. The van der Waals surface area contributed by atoms with Gasteiger partial charge in [0.25, 0.3) is 6.17 Å². The van der Waals surface area contributed by atoms with Gasteiger partial charge >= 0.3 is 6.18 Å². The third kappa shape index (κ3) is 2.12. The van der Waals surface area contributed by atoms with Gasteiger partial charge in [0, 0.05) is 12.1 Å². The Balaban J connectivity index is 3.12. The highest BCUT2D eigenvalue weighted by Crippen LogP contribution is 2.34. The zero-order chi connectivity index (χ0) is 10.9. The second-order valence-electron chi connectivity index (χ2n) is 2.86. The molecule has 0 saturated heterocycles. The zero-order valence-corrected chi connectivity index (χ0v) is 7.18. The van der Waals surface area contributed by atoms with E-state index < -0.39 is 18.0 Å². The molecule has 78 valence electrons. The van der Waals surface area contributed by atoms with E-state index in [0.717, 1.165) is 12.3 Å². The summed E-state index contributed by atoms with van der Waals surface area (Å²) in [4.78, 5) is 0. The molecule has 6 heteroatoms. The number of rotatable bonds is 1. The fourth-order valence-corrected chi connectivity index (χ4v) is 0.969. The van der Waals surface area contributed by atoms with Gasteiger partial charge in [-0.2, -0.15) is 17.9 Å². The maximum Gasteiger partial charge on any atom is 0.430 e. The van der Waals surface area contributed by atoms with E-state index in [1.165, 1.54) is 13.0 Å². The van der Waals surface area contributed by atoms with Crippen molar-refractivity contribution in [2.75, 3.05) is 0 Å². The predicted molar refractivity (Wildman–Crippen MR) is 40.0 cm³/mol. The second kappa shape index (κ2) is 3.43. The van der Waals surface area contributed by atoms with Crippen molar-refractivity contribution in [3.63, 3.8) is 0 Å². The molecule has 1 unspecified atom stereocenters. The fraction of sp³-hybridized carbons (Fsp3) is 0.375. The van der Waals surface area contributed by atoms with Gasteiger partial charge in [-0.05, 0) is 12.5 Å². The normalized spacial score (nSPS) is 14.1. The molecule has 0 aliphatic carbocycles. The van der Waals surface area contributed by atoms with Crippen molar-refractivity contribution in [1.29, 1.82) is 0 Å². The minimum atomic E-state index is -5.04. The molecule has 0 amide bonds. The number of aryl methyl sites for hydroxylation is 1. The highest BCUT2D eigenvalue weighted by Gasteiger charge is 2.46. The lowest BCUT2D eigenvalue weighted by atomic mass is 10.2. The Kier molecular flexibility index (Phi) is 2.64. The maximum atomic E-state index is 12.7. The summed E-state index contributed by atoms with van der Waals surface area (Å²) in [5.74, 6) is 0. The Morgan fingerprint density at radius 2 is 2.00 bits per heavy atom. The third-order valence-electron chi connectivity index (χ3n) is 1.65. The summed E-state index contributed by atoms with van der Waals surface area (Å²) in [5, 5.41) is 10.8. The Morgan fingerprint density at radius 1 is 1.43 bits per heavy atom. The largest absolute Gasteiger partial charge is 0.618 e. The molecular formula is C8H7F4NO. The van der Waals surface area contributed by atoms with Crippen LogP contribution in [0.5, 0.6) is 0 Å². The lowest BCUT2D eigenvalue weighted by molar-refractivity contribution is -0.620. The molecule has 1 aromatic rings. The number of halogens is 4. The van der Waals surface area contributed by atoms with Gasteiger partial charge in [0.15, 0.2) is 6.20 Å². The standard InChI is InChI=1S/C8H7F4NO/c1-5-2-3-13(14)6(4-5)7(9)8(10,11)12/h2-4,7H,1H3. The number of hydrogen-bond acceptors (Lipinski definition) is 1. The molecule has 14 heavy (non-hydrogen) atoms. The van der Waals surface area contributed by atoms with Gasteiger partial charge in [0.05, 0.1) is 0 Å². The first-order valence-electron chi connectivity index (χ1n) is 3.73. The summed E-state index contributed by atoms with van der Waals surface area (Å²) in [5.41, 5.74) is -0.531. The van der Waals surface area contributed by atoms with Crippen molar-refractivity contribution >= 4 is 0 Å². The van der Waals surface area contributed by atoms with Crippen molar-refractivity contribution < 1.29 is 22.3 Å². The first-order valence-corrected chi connectivity index (χ1v) is 3.73. The van der Waals surface area contributed by atoms with E-state index in [-0.39, 0.29) is 4.73 Å². The average molecular weight is 209 g/mol. The summed E-state index contributed by atoms with van der Waals surface area (Å²) in [6, 6.07) is 2.19. The van der Waals surface area contributed by atoms with Crippen LogP contribution < -0.4 is 4.73 Å². The van der Waals surface area contributed by atoms with E-state index in [1.807, 2.05) is 0 Å². The fourth-order valence-electron chi connectivity index (χ4n) is 0.969. The molecule has 2 nitrogen and oxygen atoms in total. The molecule has 1 aromatic heterocycles. The summed E-state index contributed by atoms with van der Waals surface area (Å²) >= 11 is 0. The Bertz CT molecular complexity index is 337. The van der Waals surface area contributed by atoms with Crippen LogP contribution in [0.25, 0.3) is 0 Å². The highest BCUT2D eigenvalue weighted by atomic mass is 19.4. The van der Waals surface area contributed by atoms with Crippen molar-refractivity contribution in [1.82, 2.24) is 0 Å². The Hall–Kier alpha value is -1.33. The van der Waals surface area contributed by atoms with Crippen LogP contribution in [0.2, 0.25) is 0 Å². The van der Waals surface area contributed by atoms with Crippen molar-refractivity contribution in [2.24, 2.45) is 0 Å². The zero-order valence-electron chi connectivity index (χ0n) is 7.18. The molecule has 1 heterocycles. The summed E-state index contributed by atoms with van der Waals surface area (Å²) in [6.07, 6.45) is -7.43. The second-order valence-corrected chi connectivity index (χ2v) is 2.86. The highest BCUT2D eigenvalue weighted by molar-refractivity contribution is 5.13. The molecule has 0 saturated carbocycles. The van der Waals surface area contributed by atoms with Crippen LogP contribution in [0.1, 0.15) is 17.4 Å². The molecule has 0 bridgehead atoms. The minimum absolute atomic E-state index is 0.120. The first-order chi connectivity index (χ1) is 6.32. The van der Waals surface area contributed by atoms with Crippen LogP contribution in [0.4, 0.5) is 17.6 Å². The van der Waals surface area contributed by atoms with Gasteiger partial charge in [0.2, 0.25) is 5.69 Å². The van der Waals surface area contributed by atoms with Crippen LogP contribution in [0, 0.1) is 12.1 Å². The molecule has 0 radical (unpaired) electrons. The molecule has 0 fully saturated rings. The lowest BCUT2D eigenvalue weighted by Crippen LogP contribution is -2.36. The van der Waals surface area contributed by atoms with Crippen LogP contribution in [-0.4, -0.2) is 6.18 Å².